The Balaban J connectivity index is 1.61. The molecule has 1 saturated heterocycles. The molecule has 0 saturated carbocycles. The molecule has 5 rings (SSSR count). The summed E-state index contributed by atoms with van der Waals surface area (Å²) in [6, 6.07) is 19.0. The highest BCUT2D eigenvalue weighted by molar-refractivity contribution is 7.80. The molecule has 0 bridgehead atoms. The second-order valence-electron chi connectivity index (χ2n) is 8.20. The first-order chi connectivity index (χ1) is 17.0. The van der Waals surface area contributed by atoms with E-state index in [0.29, 0.717) is 23.1 Å². The third kappa shape index (κ3) is 4.50. The first-order valence-corrected chi connectivity index (χ1v) is 11.6. The van der Waals surface area contributed by atoms with Gasteiger partial charge in [0.15, 0.2) is 5.11 Å². The maximum Gasteiger partial charge on any atom is 0.221 e. The number of hydrogen-bond donors (Lipinski definition) is 2. The smallest absolute Gasteiger partial charge is 0.221 e. The lowest BCUT2D eigenvalue weighted by atomic mass is 10.0. The predicted octanol–water partition coefficient (Wildman–Crippen LogP) is 4.67. The van der Waals surface area contributed by atoms with Crippen molar-refractivity contribution in [1.82, 2.24) is 14.9 Å². The summed E-state index contributed by atoms with van der Waals surface area (Å²) in [5, 5.41) is 6.89. The lowest BCUT2D eigenvalue weighted by Crippen LogP contribution is -2.30. The quantitative estimate of drug-likeness (QED) is 0.367. The molecular formula is C26H25N5O3S. The first kappa shape index (κ1) is 22.7. The number of methoxy groups -OCH3 is 1. The maximum atomic E-state index is 11.8. The standard InChI is InChI=1S/C26H25N5O3S/c1-17(32)28-21-15-18(10-11-23(21)33-2)31-25(24(29-26(31)35)20-8-3-4-12-27-20)22-9-5-13-30(22)16-19-7-6-14-34-19/h3-15,24-25H,16H2,1-2H3,(H,28,32)(H,29,35)/t24-,25+/m0/s1. The number of furan rings is 1. The third-order valence-electron chi connectivity index (χ3n) is 5.94. The van der Waals surface area contributed by atoms with Crippen LogP contribution in [0.15, 0.2) is 83.7 Å². The van der Waals surface area contributed by atoms with Gasteiger partial charge in [-0.3, -0.25) is 9.78 Å². The second kappa shape index (κ2) is 9.63. The monoisotopic (exact) mass is 487 g/mol. The van der Waals surface area contributed by atoms with E-state index >= 15 is 0 Å². The lowest BCUT2D eigenvalue weighted by Gasteiger charge is -2.29. The summed E-state index contributed by atoms with van der Waals surface area (Å²) in [4.78, 5) is 18.5. The Hall–Kier alpha value is -4.11. The minimum absolute atomic E-state index is 0.183. The van der Waals surface area contributed by atoms with Gasteiger partial charge in [-0.15, -0.1) is 0 Å². The van der Waals surface area contributed by atoms with Crippen LogP contribution >= 0.6 is 12.2 Å². The molecule has 178 valence electrons. The summed E-state index contributed by atoms with van der Waals surface area (Å²) in [6.07, 6.45) is 5.49. The maximum absolute atomic E-state index is 11.8. The minimum atomic E-state index is -0.207. The molecule has 8 nitrogen and oxygen atoms in total. The number of pyridine rings is 1. The fraction of sp³-hybridized carbons (Fsp3) is 0.192. The van der Waals surface area contributed by atoms with Crippen LogP contribution < -0.4 is 20.3 Å². The number of nitrogens with one attached hydrogen (secondary N) is 2. The van der Waals surface area contributed by atoms with E-state index in [1.165, 1.54) is 6.92 Å². The summed E-state index contributed by atoms with van der Waals surface area (Å²) in [5.74, 6) is 1.24. The first-order valence-electron chi connectivity index (χ1n) is 11.2. The zero-order chi connectivity index (χ0) is 24.4. The van der Waals surface area contributed by atoms with Gasteiger partial charge in [0, 0.05) is 30.7 Å². The third-order valence-corrected chi connectivity index (χ3v) is 6.26. The Kier molecular flexibility index (Phi) is 6.24. The van der Waals surface area contributed by atoms with Gasteiger partial charge in [0.2, 0.25) is 5.91 Å². The average molecular weight is 488 g/mol. The molecule has 4 heterocycles. The van der Waals surface area contributed by atoms with Gasteiger partial charge in [-0.2, -0.15) is 0 Å². The number of anilines is 2. The number of carbonyl (C=O) groups excluding carboxylic acids is 1. The van der Waals surface area contributed by atoms with Crippen LogP contribution in [0.2, 0.25) is 0 Å². The molecule has 0 spiro atoms. The van der Waals surface area contributed by atoms with Gasteiger partial charge in [0.25, 0.3) is 0 Å². The zero-order valence-corrected chi connectivity index (χ0v) is 20.2. The molecular weight excluding hydrogens is 462 g/mol. The topological polar surface area (TPSA) is 84.6 Å². The fourth-order valence-electron chi connectivity index (χ4n) is 4.48. The molecule has 0 unspecified atom stereocenters. The van der Waals surface area contributed by atoms with Crippen LogP contribution in [0.25, 0.3) is 0 Å². The average Bonchev–Trinajstić information content (AvgIpc) is 3.60. The predicted molar refractivity (Wildman–Crippen MR) is 137 cm³/mol. The van der Waals surface area contributed by atoms with Gasteiger partial charge >= 0.3 is 0 Å². The van der Waals surface area contributed by atoms with Crippen LogP contribution in [0.3, 0.4) is 0 Å². The van der Waals surface area contributed by atoms with Crippen molar-refractivity contribution >= 4 is 34.6 Å². The molecule has 2 atom stereocenters. The van der Waals surface area contributed by atoms with Crippen molar-refractivity contribution in [2.45, 2.75) is 25.6 Å². The van der Waals surface area contributed by atoms with E-state index in [-0.39, 0.29) is 18.0 Å². The van der Waals surface area contributed by atoms with Crippen molar-refractivity contribution in [1.29, 1.82) is 0 Å². The van der Waals surface area contributed by atoms with Gasteiger partial charge in [-0.1, -0.05) is 6.07 Å². The normalized spacial score (nSPS) is 17.3. The van der Waals surface area contributed by atoms with Crippen LogP contribution in [0.5, 0.6) is 5.75 Å². The summed E-state index contributed by atoms with van der Waals surface area (Å²) < 4.78 is 13.2. The molecule has 35 heavy (non-hydrogen) atoms. The zero-order valence-electron chi connectivity index (χ0n) is 19.3. The summed E-state index contributed by atoms with van der Waals surface area (Å²) in [7, 11) is 1.57. The van der Waals surface area contributed by atoms with Gasteiger partial charge in [-0.05, 0) is 66.8 Å². The van der Waals surface area contributed by atoms with Gasteiger partial charge in [0.05, 0.1) is 37.3 Å². The number of amides is 1. The summed E-state index contributed by atoms with van der Waals surface area (Å²) in [5.41, 5.74) is 3.32. The number of thiocarbonyl (C=S) groups is 1. The van der Waals surface area contributed by atoms with E-state index in [1.807, 2.05) is 60.8 Å². The van der Waals surface area contributed by atoms with E-state index in [1.54, 1.807) is 19.6 Å². The number of ether oxygens (including phenoxy) is 1. The largest absolute Gasteiger partial charge is 0.495 e. The Bertz CT molecular complexity index is 1340. The van der Waals surface area contributed by atoms with Crippen LogP contribution in [0.1, 0.15) is 36.2 Å². The van der Waals surface area contributed by atoms with Crippen molar-refractivity contribution in [3.63, 3.8) is 0 Å². The van der Waals surface area contributed by atoms with Crippen LogP contribution in [0.4, 0.5) is 11.4 Å². The lowest BCUT2D eigenvalue weighted by molar-refractivity contribution is -0.114. The molecule has 0 radical (unpaired) electrons. The molecule has 9 heteroatoms. The van der Waals surface area contributed by atoms with Crippen molar-refractivity contribution < 1.29 is 13.9 Å². The number of carbonyl (C=O) groups is 1. The fourth-order valence-corrected chi connectivity index (χ4v) is 4.82. The summed E-state index contributed by atoms with van der Waals surface area (Å²) >= 11 is 5.84. The number of rotatable bonds is 7. The molecule has 4 aromatic rings. The van der Waals surface area contributed by atoms with Crippen molar-refractivity contribution in [2.24, 2.45) is 0 Å². The summed E-state index contributed by atoms with van der Waals surface area (Å²) in [6.45, 7) is 2.05. The highest BCUT2D eigenvalue weighted by Crippen LogP contribution is 2.43. The van der Waals surface area contributed by atoms with E-state index in [4.69, 9.17) is 21.4 Å². The van der Waals surface area contributed by atoms with E-state index < -0.39 is 0 Å². The molecule has 1 aliphatic rings. The number of benzene rings is 1. The van der Waals surface area contributed by atoms with Gasteiger partial charge in [-0.25, -0.2) is 0 Å². The minimum Gasteiger partial charge on any atom is -0.495 e. The van der Waals surface area contributed by atoms with Crippen molar-refractivity contribution in [2.75, 3.05) is 17.3 Å². The van der Waals surface area contributed by atoms with Crippen molar-refractivity contribution in [3.05, 3.63) is 96.5 Å². The molecule has 1 aromatic carbocycles. The Labute approximate surface area is 208 Å². The Morgan fingerprint density at radius 2 is 2.09 bits per heavy atom. The van der Waals surface area contributed by atoms with Crippen LogP contribution in [-0.4, -0.2) is 27.7 Å². The van der Waals surface area contributed by atoms with E-state index in [0.717, 1.165) is 22.8 Å². The number of aromatic nitrogens is 2. The van der Waals surface area contributed by atoms with Gasteiger partial charge in [0.1, 0.15) is 17.6 Å². The van der Waals surface area contributed by atoms with Gasteiger partial charge < -0.3 is 29.3 Å². The Morgan fingerprint density at radius 1 is 1.20 bits per heavy atom. The SMILES string of the molecule is COc1ccc(N2C(=S)N[C@@H](c3ccccn3)[C@H]2c2cccn2Cc2ccco2)cc1NC(C)=O. The van der Waals surface area contributed by atoms with Crippen molar-refractivity contribution in [3.8, 4) is 5.75 Å². The van der Waals surface area contributed by atoms with E-state index in [9.17, 15) is 4.79 Å². The molecule has 1 aliphatic heterocycles. The number of nitrogens with zero attached hydrogens (tertiary/aromatic N) is 3. The molecule has 1 fully saturated rings. The molecule has 3 aromatic heterocycles. The number of hydrogen-bond acceptors (Lipinski definition) is 5. The molecule has 0 aliphatic carbocycles. The van der Waals surface area contributed by atoms with Crippen LogP contribution in [-0.2, 0) is 11.3 Å². The van der Waals surface area contributed by atoms with E-state index in [2.05, 4.69) is 31.2 Å². The molecule has 2 N–H and O–H groups in total. The molecule has 1 amide bonds. The Morgan fingerprint density at radius 3 is 2.80 bits per heavy atom. The highest BCUT2D eigenvalue weighted by Gasteiger charge is 2.42. The second-order valence-corrected chi connectivity index (χ2v) is 8.59. The van der Waals surface area contributed by atoms with Crippen LogP contribution in [0, 0.1) is 0 Å². The highest BCUT2D eigenvalue weighted by atomic mass is 32.1.